The Kier molecular flexibility index (Phi) is 5.83. The van der Waals surface area contributed by atoms with Crippen LogP contribution < -0.4 is 4.74 Å². The maximum absolute atomic E-state index is 6.02. The van der Waals surface area contributed by atoms with Crippen molar-refractivity contribution >= 4 is 5.90 Å². The van der Waals surface area contributed by atoms with Gasteiger partial charge in [-0.2, -0.15) is 0 Å². The first-order valence-electron chi connectivity index (χ1n) is 8.24. The average molecular weight is 331 g/mol. The lowest BCUT2D eigenvalue weighted by Gasteiger charge is -2.11. The monoisotopic (exact) mass is 331 g/mol. The van der Waals surface area contributed by atoms with Gasteiger partial charge in [-0.3, -0.25) is 0 Å². The molecule has 3 rings (SSSR count). The van der Waals surface area contributed by atoms with Crippen LogP contribution in [0.1, 0.15) is 16.7 Å². The third kappa shape index (κ3) is 4.95. The van der Waals surface area contributed by atoms with Crippen LogP contribution in [0.2, 0.25) is 0 Å². The molecule has 0 saturated heterocycles. The molecule has 0 unspecified atom stereocenters. The van der Waals surface area contributed by atoms with Crippen molar-refractivity contribution in [1.29, 1.82) is 0 Å². The van der Waals surface area contributed by atoms with Gasteiger partial charge in [0, 0.05) is 5.56 Å². The van der Waals surface area contributed by atoms with E-state index in [4.69, 9.17) is 9.47 Å². The molecule has 0 aliphatic carbocycles. The highest BCUT2D eigenvalue weighted by Gasteiger charge is 2.06. The van der Waals surface area contributed by atoms with E-state index < -0.39 is 0 Å². The minimum atomic E-state index is 0.487. The quantitative estimate of drug-likeness (QED) is 0.477. The predicted molar refractivity (Wildman–Crippen MR) is 101 cm³/mol. The maximum Gasteiger partial charge on any atom is 0.216 e. The van der Waals surface area contributed by atoms with E-state index in [0.29, 0.717) is 19.0 Å². The van der Waals surface area contributed by atoms with E-state index in [9.17, 15) is 0 Å². The summed E-state index contributed by atoms with van der Waals surface area (Å²) in [5.41, 5.74) is 3.20. The minimum Gasteiger partial charge on any atom is -0.497 e. The highest BCUT2D eigenvalue weighted by Crippen LogP contribution is 2.14. The van der Waals surface area contributed by atoms with Crippen molar-refractivity contribution in [2.45, 2.75) is 13.2 Å². The van der Waals surface area contributed by atoms with Gasteiger partial charge in [-0.05, 0) is 35.4 Å². The normalized spacial score (nSPS) is 11.2. The molecule has 0 aromatic heterocycles. The smallest absolute Gasteiger partial charge is 0.216 e. The zero-order valence-electron chi connectivity index (χ0n) is 14.3. The molecular formula is C22H21NO2. The number of hydrogen-bond donors (Lipinski definition) is 0. The highest BCUT2D eigenvalue weighted by atomic mass is 16.5. The molecule has 0 aliphatic rings. The Morgan fingerprint density at radius 3 is 1.96 bits per heavy atom. The molecule has 0 saturated carbocycles. The molecule has 3 aromatic carbocycles. The number of ether oxygens (including phenoxy) is 2. The summed E-state index contributed by atoms with van der Waals surface area (Å²) in [5.74, 6) is 1.45. The van der Waals surface area contributed by atoms with E-state index in [-0.39, 0.29) is 0 Å². The molecule has 0 heterocycles. The summed E-state index contributed by atoms with van der Waals surface area (Å²) in [5, 5.41) is 0. The Morgan fingerprint density at radius 1 is 0.760 bits per heavy atom. The van der Waals surface area contributed by atoms with Crippen molar-refractivity contribution in [3.63, 3.8) is 0 Å². The highest BCUT2D eigenvalue weighted by molar-refractivity contribution is 5.94. The Morgan fingerprint density at radius 2 is 1.36 bits per heavy atom. The third-order valence-corrected chi connectivity index (χ3v) is 3.80. The van der Waals surface area contributed by atoms with Crippen molar-refractivity contribution in [3.8, 4) is 5.75 Å². The zero-order valence-corrected chi connectivity index (χ0v) is 14.3. The SMILES string of the molecule is COc1ccc(C(=NCc2ccccc2)OCc2ccccc2)cc1. The van der Waals surface area contributed by atoms with E-state index in [0.717, 1.165) is 22.4 Å². The van der Waals surface area contributed by atoms with Crippen LogP contribution in [0.5, 0.6) is 5.75 Å². The van der Waals surface area contributed by atoms with Gasteiger partial charge in [0.2, 0.25) is 5.90 Å². The Labute approximate surface area is 148 Å². The molecule has 0 spiro atoms. The number of benzene rings is 3. The first-order valence-corrected chi connectivity index (χ1v) is 8.24. The molecule has 25 heavy (non-hydrogen) atoms. The summed E-state index contributed by atoms with van der Waals surface area (Å²) in [4.78, 5) is 4.69. The van der Waals surface area contributed by atoms with Gasteiger partial charge in [0.05, 0.1) is 13.7 Å². The van der Waals surface area contributed by atoms with Gasteiger partial charge in [-0.15, -0.1) is 0 Å². The minimum absolute atomic E-state index is 0.487. The van der Waals surface area contributed by atoms with Gasteiger partial charge in [0.1, 0.15) is 12.4 Å². The summed E-state index contributed by atoms with van der Waals surface area (Å²) in [6.07, 6.45) is 0. The molecule has 3 aromatic rings. The second-order valence-corrected chi connectivity index (χ2v) is 5.61. The molecule has 0 atom stereocenters. The van der Waals surface area contributed by atoms with Crippen LogP contribution in [0, 0.1) is 0 Å². The Hall–Kier alpha value is -3.07. The van der Waals surface area contributed by atoms with Crippen LogP contribution in [0.25, 0.3) is 0 Å². The summed E-state index contributed by atoms with van der Waals surface area (Å²) < 4.78 is 11.2. The van der Waals surface area contributed by atoms with Gasteiger partial charge in [-0.25, -0.2) is 4.99 Å². The van der Waals surface area contributed by atoms with Crippen molar-refractivity contribution in [2.75, 3.05) is 7.11 Å². The zero-order chi connectivity index (χ0) is 17.3. The van der Waals surface area contributed by atoms with Gasteiger partial charge < -0.3 is 9.47 Å². The van der Waals surface area contributed by atoms with Crippen LogP contribution >= 0.6 is 0 Å². The molecule has 3 nitrogen and oxygen atoms in total. The van der Waals surface area contributed by atoms with Gasteiger partial charge >= 0.3 is 0 Å². The first-order chi connectivity index (χ1) is 12.3. The fourth-order valence-corrected chi connectivity index (χ4v) is 2.43. The van der Waals surface area contributed by atoms with Crippen LogP contribution in [-0.2, 0) is 17.9 Å². The van der Waals surface area contributed by atoms with Crippen molar-refractivity contribution < 1.29 is 9.47 Å². The van der Waals surface area contributed by atoms with E-state index >= 15 is 0 Å². The van der Waals surface area contributed by atoms with Crippen LogP contribution in [-0.4, -0.2) is 13.0 Å². The largest absolute Gasteiger partial charge is 0.497 e. The van der Waals surface area contributed by atoms with E-state index in [1.807, 2.05) is 72.8 Å². The lowest BCUT2D eigenvalue weighted by molar-refractivity contribution is 0.292. The summed E-state index contributed by atoms with van der Waals surface area (Å²) >= 11 is 0. The van der Waals surface area contributed by atoms with Gasteiger partial charge in [0.25, 0.3) is 0 Å². The van der Waals surface area contributed by atoms with Crippen LogP contribution in [0.3, 0.4) is 0 Å². The van der Waals surface area contributed by atoms with Gasteiger partial charge in [0.15, 0.2) is 0 Å². The number of methoxy groups -OCH3 is 1. The van der Waals surface area contributed by atoms with E-state index in [1.165, 1.54) is 0 Å². The number of rotatable bonds is 6. The Bertz CT molecular complexity index is 796. The second kappa shape index (κ2) is 8.69. The lowest BCUT2D eigenvalue weighted by Crippen LogP contribution is -2.08. The second-order valence-electron chi connectivity index (χ2n) is 5.61. The topological polar surface area (TPSA) is 30.8 Å². The van der Waals surface area contributed by atoms with Gasteiger partial charge in [-0.1, -0.05) is 60.7 Å². The first kappa shape index (κ1) is 16.8. The standard InChI is InChI=1S/C22H21NO2/c1-24-21-14-12-20(13-15-21)22(23-16-18-8-4-2-5-9-18)25-17-19-10-6-3-7-11-19/h2-15H,16-17H2,1H3. The molecule has 0 aliphatic heterocycles. The van der Waals surface area contributed by atoms with Crippen molar-refractivity contribution in [1.82, 2.24) is 0 Å². The summed E-state index contributed by atoms with van der Waals surface area (Å²) in [7, 11) is 1.66. The van der Waals surface area contributed by atoms with Crippen LogP contribution in [0.4, 0.5) is 0 Å². The predicted octanol–water partition coefficient (Wildman–Crippen LogP) is 4.86. The van der Waals surface area contributed by atoms with Crippen molar-refractivity contribution in [3.05, 3.63) is 102 Å². The molecule has 0 fully saturated rings. The van der Waals surface area contributed by atoms with Crippen LogP contribution in [0.15, 0.2) is 89.9 Å². The maximum atomic E-state index is 6.02. The lowest BCUT2D eigenvalue weighted by atomic mass is 10.2. The summed E-state index contributed by atoms with van der Waals surface area (Å²) in [6.45, 7) is 1.07. The molecule has 0 bridgehead atoms. The number of hydrogen-bond acceptors (Lipinski definition) is 3. The molecule has 0 radical (unpaired) electrons. The molecule has 0 amide bonds. The molecule has 126 valence electrons. The molecule has 3 heteroatoms. The molecular weight excluding hydrogens is 310 g/mol. The third-order valence-electron chi connectivity index (χ3n) is 3.80. The van der Waals surface area contributed by atoms with E-state index in [1.54, 1.807) is 7.11 Å². The number of nitrogens with zero attached hydrogens (tertiary/aromatic N) is 1. The Balaban J connectivity index is 1.79. The average Bonchev–Trinajstić information content (AvgIpc) is 2.70. The fourth-order valence-electron chi connectivity index (χ4n) is 2.43. The fraction of sp³-hybridized carbons (Fsp3) is 0.136. The van der Waals surface area contributed by atoms with Crippen molar-refractivity contribution in [2.24, 2.45) is 4.99 Å². The number of aliphatic imine (C=N–C) groups is 1. The molecule has 0 N–H and O–H groups in total. The summed E-state index contributed by atoms with van der Waals surface area (Å²) in [6, 6.07) is 28.0. The van der Waals surface area contributed by atoms with E-state index in [2.05, 4.69) is 17.1 Å².